The molecule has 0 saturated carbocycles. The number of nitrogens with zero attached hydrogens (tertiary/aromatic N) is 2. The molecule has 2 aliphatic heterocycles. The molecular weight excluding hydrogens is 767 g/mol. The van der Waals surface area contributed by atoms with Crippen molar-refractivity contribution in [2.75, 3.05) is 9.80 Å². The zero-order valence-electron chi connectivity index (χ0n) is 39.8. The van der Waals surface area contributed by atoms with Crippen molar-refractivity contribution < 1.29 is 8.83 Å². The molecule has 318 valence electrons. The molecule has 0 atom stereocenters. The van der Waals surface area contributed by atoms with E-state index in [1.807, 2.05) is 12.1 Å². The Kier molecular flexibility index (Phi) is 8.99. The first kappa shape index (κ1) is 41.1. The Balaban J connectivity index is 1.32. The third kappa shape index (κ3) is 6.64. The van der Waals surface area contributed by atoms with Crippen molar-refractivity contribution in [2.24, 2.45) is 0 Å². The van der Waals surface area contributed by atoms with Gasteiger partial charge in [-0.25, -0.2) is 0 Å². The van der Waals surface area contributed by atoms with Gasteiger partial charge in [0.25, 0.3) is 6.71 Å². The van der Waals surface area contributed by atoms with Crippen LogP contribution in [0.25, 0.3) is 33.3 Å². The standard InChI is InChI=1S/C58H61BN2O2/c1-34-27-37(50-29-36-17-15-16-18-48(36)62-50)28-35(2)53(34)61-47-33-41(58(12,13)14)32-46-52(47)59(51-43-30-39(56(6,7)8)22-26-49(43)63-54(51)61)44-31-40(57(9,10)11)21-25-45(44)60(46)42-23-19-38(20-24-42)55(3,4)5/h15-33H,1-14H3. The fourth-order valence-corrected chi connectivity index (χ4v) is 10.1. The van der Waals surface area contributed by atoms with Gasteiger partial charge in [0.1, 0.15) is 16.9 Å². The van der Waals surface area contributed by atoms with Gasteiger partial charge in [-0.1, -0.05) is 132 Å². The summed E-state index contributed by atoms with van der Waals surface area (Å²) in [4.78, 5) is 5.03. The van der Waals surface area contributed by atoms with E-state index in [1.54, 1.807) is 0 Å². The lowest BCUT2D eigenvalue weighted by atomic mass is 9.33. The number of anilines is 6. The third-order valence-electron chi connectivity index (χ3n) is 13.7. The van der Waals surface area contributed by atoms with Crippen LogP contribution in [-0.4, -0.2) is 6.71 Å². The minimum atomic E-state index is -0.143. The van der Waals surface area contributed by atoms with Crippen molar-refractivity contribution >= 4 is 79.4 Å². The Hall–Kier alpha value is -5.94. The number of hydrogen-bond donors (Lipinski definition) is 0. The molecule has 0 amide bonds. The summed E-state index contributed by atoms with van der Waals surface area (Å²) in [6, 6.07) is 43.4. The maximum absolute atomic E-state index is 7.33. The molecule has 0 radical (unpaired) electrons. The largest absolute Gasteiger partial charge is 0.456 e. The molecule has 63 heavy (non-hydrogen) atoms. The highest BCUT2D eigenvalue weighted by Crippen LogP contribution is 2.50. The minimum absolute atomic E-state index is 0.0389. The average molecular weight is 829 g/mol. The summed E-state index contributed by atoms with van der Waals surface area (Å²) in [6.45, 7) is 32.2. The third-order valence-corrected chi connectivity index (χ3v) is 13.7. The van der Waals surface area contributed by atoms with Gasteiger partial charge in [-0.3, -0.25) is 4.90 Å². The summed E-state index contributed by atoms with van der Waals surface area (Å²) in [5.74, 6) is 1.77. The van der Waals surface area contributed by atoms with Gasteiger partial charge in [-0.15, -0.1) is 0 Å². The van der Waals surface area contributed by atoms with Crippen LogP contribution in [0.2, 0.25) is 0 Å². The molecule has 0 spiro atoms. The average Bonchev–Trinajstić information content (AvgIpc) is 3.82. The predicted molar refractivity (Wildman–Crippen MR) is 270 cm³/mol. The van der Waals surface area contributed by atoms with E-state index < -0.39 is 0 Å². The van der Waals surface area contributed by atoms with E-state index in [1.165, 1.54) is 55.4 Å². The molecule has 4 nitrogen and oxygen atoms in total. The smallest absolute Gasteiger partial charge is 0.257 e. The second-order valence-corrected chi connectivity index (χ2v) is 22.5. The molecule has 0 unspecified atom stereocenters. The predicted octanol–water partition coefficient (Wildman–Crippen LogP) is 14.7. The summed E-state index contributed by atoms with van der Waals surface area (Å²) in [5.41, 5.74) is 19.9. The van der Waals surface area contributed by atoms with Crippen LogP contribution < -0.4 is 26.2 Å². The first-order valence-corrected chi connectivity index (χ1v) is 22.8. The van der Waals surface area contributed by atoms with Crippen molar-refractivity contribution in [1.29, 1.82) is 0 Å². The second-order valence-electron chi connectivity index (χ2n) is 22.5. The van der Waals surface area contributed by atoms with Gasteiger partial charge in [0, 0.05) is 44.5 Å². The van der Waals surface area contributed by atoms with Gasteiger partial charge in [0.2, 0.25) is 5.88 Å². The monoisotopic (exact) mass is 828 g/mol. The lowest BCUT2D eigenvalue weighted by molar-refractivity contribution is 0.588. The summed E-state index contributed by atoms with van der Waals surface area (Å²) < 4.78 is 13.8. The molecule has 2 aromatic heterocycles. The summed E-state index contributed by atoms with van der Waals surface area (Å²) in [5, 5.41) is 2.28. The Labute approximate surface area is 375 Å². The Bertz CT molecular complexity index is 3080. The normalized spacial score (nSPS) is 14.1. The zero-order valence-corrected chi connectivity index (χ0v) is 39.8. The van der Waals surface area contributed by atoms with Crippen LogP contribution in [0.3, 0.4) is 0 Å². The van der Waals surface area contributed by atoms with Gasteiger partial charge in [-0.2, -0.15) is 0 Å². The molecule has 0 N–H and O–H groups in total. The SMILES string of the molecule is Cc1cc(-c2cc3ccccc3o2)cc(C)c1N1c2cc(C(C)(C)C)cc3c2B(c2cc(C(C)(C)C)ccc2N3c2ccc(C(C)(C)C)cc2)c2c1oc1ccc(C(C)(C)C)cc21. The van der Waals surface area contributed by atoms with E-state index in [-0.39, 0.29) is 28.4 Å². The fraction of sp³-hybridized carbons (Fsp3) is 0.310. The highest BCUT2D eigenvalue weighted by molar-refractivity contribution is 7.01. The second kappa shape index (κ2) is 13.8. The Morgan fingerprint density at radius 3 is 1.65 bits per heavy atom. The maximum Gasteiger partial charge on any atom is 0.257 e. The van der Waals surface area contributed by atoms with Crippen molar-refractivity contribution in [3.05, 3.63) is 149 Å². The molecule has 0 aliphatic carbocycles. The first-order chi connectivity index (χ1) is 29.6. The van der Waals surface area contributed by atoms with Gasteiger partial charge in [-0.05, 0) is 147 Å². The molecule has 4 heterocycles. The Morgan fingerprint density at radius 2 is 1.03 bits per heavy atom. The van der Waals surface area contributed by atoms with E-state index in [4.69, 9.17) is 8.83 Å². The van der Waals surface area contributed by atoms with E-state index in [0.29, 0.717) is 0 Å². The van der Waals surface area contributed by atoms with E-state index in [9.17, 15) is 0 Å². The summed E-state index contributed by atoms with van der Waals surface area (Å²) in [6.07, 6.45) is 0. The fourth-order valence-electron chi connectivity index (χ4n) is 10.1. The number of aryl methyl sites for hydroxylation is 2. The molecule has 2 aliphatic rings. The van der Waals surface area contributed by atoms with Crippen molar-refractivity contribution in [3.63, 3.8) is 0 Å². The first-order valence-electron chi connectivity index (χ1n) is 22.8. The van der Waals surface area contributed by atoms with Gasteiger partial charge in [0.15, 0.2) is 0 Å². The van der Waals surface area contributed by atoms with Gasteiger partial charge >= 0.3 is 0 Å². The maximum atomic E-state index is 7.33. The number of furan rings is 2. The Morgan fingerprint density at radius 1 is 0.460 bits per heavy atom. The van der Waals surface area contributed by atoms with Crippen LogP contribution in [0.1, 0.15) is 116 Å². The van der Waals surface area contributed by atoms with Crippen LogP contribution in [0.5, 0.6) is 0 Å². The number of benzene rings is 6. The lowest BCUT2D eigenvalue weighted by Crippen LogP contribution is -2.61. The van der Waals surface area contributed by atoms with E-state index >= 15 is 0 Å². The van der Waals surface area contributed by atoms with Crippen LogP contribution in [-0.2, 0) is 21.7 Å². The molecule has 0 saturated heterocycles. The number of para-hydroxylation sites is 1. The van der Waals surface area contributed by atoms with Crippen molar-refractivity contribution in [1.82, 2.24) is 0 Å². The summed E-state index contributed by atoms with van der Waals surface area (Å²) >= 11 is 0. The van der Waals surface area contributed by atoms with Crippen LogP contribution in [0.15, 0.2) is 124 Å². The molecule has 0 bridgehead atoms. The number of rotatable bonds is 3. The molecule has 0 fully saturated rings. The quantitative estimate of drug-likeness (QED) is 0.166. The van der Waals surface area contributed by atoms with Crippen LogP contribution in [0, 0.1) is 13.8 Å². The van der Waals surface area contributed by atoms with Crippen LogP contribution >= 0.6 is 0 Å². The van der Waals surface area contributed by atoms with Crippen molar-refractivity contribution in [3.8, 4) is 11.3 Å². The van der Waals surface area contributed by atoms with E-state index in [2.05, 4.69) is 210 Å². The number of fused-ring (bicyclic) bond motifs is 7. The lowest BCUT2D eigenvalue weighted by Gasteiger charge is -2.44. The molecule has 6 aromatic carbocycles. The van der Waals surface area contributed by atoms with Crippen molar-refractivity contribution in [2.45, 2.75) is 119 Å². The molecule has 5 heteroatoms. The minimum Gasteiger partial charge on any atom is -0.456 e. The highest BCUT2D eigenvalue weighted by Gasteiger charge is 2.48. The number of hydrogen-bond acceptors (Lipinski definition) is 4. The molecule has 10 rings (SSSR count). The highest BCUT2D eigenvalue weighted by atomic mass is 16.4. The summed E-state index contributed by atoms with van der Waals surface area (Å²) in [7, 11) is 0. The topological polar surface area (TPSA) is 32.8 Å². The molecule has 8 aromatic rings. The van der Waals surface area contributed by atoms with Crippen LogP contribution in [0.4, 0.5) is 34.3 Å². The zero-order chi connectivity index (χ0) is 44.7. The van der Waals surface area contributed by atoms with Gasteiger partial charge < -0.3 is 13.7 Å². The molecular formula is C58H61BN2O2. The van der Waals surface area contributed by atoms with Gasteiger partial charge in [0.05, 0.1) is 5.69 Å². The van der Waals surface area contributed by atoms with E-state index in [0.717, 1.165) is 61.9 Å².